The largest absolute Gasteiger partial charge is 0.465 e. The Kier molecular flexibility index (Phi) is 12.6. The number of halogens is 1. The summed E-state index contributed by atoms with van der Waals surface area (Å²) >= 11 is 3.29. The molecule has 0 radical (unpaired) electrons. The maximum Gasteiger partial charge on any atom is 0.322 e. The molecule has 0 aromatic heterocycles. The second kappa shape index (κ2) is 12.5. The molecule has 1 unspecified atom stereocenters. The highest BCUT2D eigenvalue weighted by atomic mass is 79.9. The van der Waals surface area contributed by atoms with Gasteiger partial charge in [0.05, 0.1) is 6.61 Å². The van der Waals surface area contributed by atoms with E-state index in [0.29, 0.717) is 12.8 Å². The van der Waals surface area contributed by atoms with E-state index in [4.69, 9.17) is 4.74 Å². The Bertz CT molecular complexity index is 360. The molecule has 1 atom stereocenters. The first kappa shape index (κ1) is 23.1. The SMILES string of the molecule is CC(C)(Br)C(=O)OCCCCCCCCCCCCP(C)(=O)O. The van der Waals surface area contributed by atoms with Gasteiger partial charge in [0.25, 0.3) is 0 Å². The van der Waals surface area contributed by atoms with Gasteiger partial charge in [0, 0.05) is 12.8 Å². The van der Waals surface area contributed by atoms with Gasteiger partial charge in [-0.05, 0) is 26.7 Å². The summed E-state index contributed by atoms with van der Waals surface area (Å²) in [4.78, 5) is 20.7. The van der Waals surface area contributed by atoms with E-state index in [-0.39, 0.29) is 5.97 Å². The van der Waals surface area contributed by atoms with Crippen LogP contribution in [0.15, 0.2) is 0 Å². The van der Waals surface area contributed by atoms with Crippen LogP contribution in [0, 0.1) is 0 Å². The van der Waals surface area contributed by atoms with Crippen LogP contribution in [0.3, 0.4) is 0 Å². The highest BCUT2D eigenvalue weighted by Crippen LogP contribution is 2.36. The molecule has 6 heteroatoms. The normalized spacial score (nSPS) is 14.5. The number of unbranched alkanes of at least 4 members (excludes halogenated alkanes) is 9. The van der Waals surface area contributed by atoms with E-state index in [0.717, 1.165) is 32.1 Å². The van der Waals surface area contributed by atoms with Crippen LogP contribution < -0.4 is 0 Å². The third-order valence-electron chi connectivity index (χ3n) is 3.69. The number of ether oxygens (including phenoxy) is 1. The fraction of sp³-hybridized carbons (Fsp3) is 0.941. The smallest absolute Gasteiger partial charge is 0.322 e. The Morgan fingerprint density at radius 2 is 1.35 bits per heavy atom. The van der Waals surface area contributed by atoms with Crippen molar-refractivity contribution in [2.75, 3.05) is 19.4 Å². The lowest BCUT2D eigenvalue weighted by Crippen LogP contribution is -2.26. The molecule has 4 nitrogen and oxygen atoms in total. The van der Waals surface area contributed by atoms with E-state index in [1.165, 1.54) is 38.8 Å². The third kappa shape index (κ3) is 16.8. The van der Waals surface area contributed by atoms with Gasteiger partial charge in [-0.15, -0.1) is 0 Å². The number of esters is 1. The molecule has 138 valence electrons. The van der Waals surface area contributed by atoms with Crippen molar-refractivity contribution in [1.29, 1.82) is 0 Å². The molecular formula is C17H34BrO4P. The summed E-state index contributed by atoms with van der Waals surface area (Å²) in [5.74, 6) is -0.196. The van der Waals surface area contributed by atoms with Gasteiger partial charge in [-0.3, -0.25) is 9.36 Å². The van der Waals surface area contributed by atoms with E-state index in [1.807, 2.05) is 0 Å². The van der Waals surface area contributed by atoms with Gasteiger partial charge in [0.15, 0.2) is 7.37 Å². The molecule has 0 aliphatic rings. The van der Waals surface area contributed by atoms with E-state index >= 15 is 0 Å². The molecule has 0 aliphatic carbocycles. The number of carbonyl (C=O) groups is 1. The molecular weight excluding hydrogens is 379 g/mol. The van der Waals surface area contributed by atoms with Crippen molar-refractivity contribution in [3.05, 3.63) is 0 Å². The number of hydrogen-bond acceptors (Lipinski definition) is 3. The van der Waals surface area contributed by atoms with E-state index in [1.54, 1.807) is 13.8 Å². The molecule has 23 heavy (non-hydrogen) atoms. The molecule has 0 saturated carbocycles. The number of hydrogen-bond donors (Lipinski definition) is 1. The van der Waals surface area contributed by atoms with Crippen molar-refractivity contribution in [3.8, 4) is 0 Å². The molecule has 0 heterocycles. The first-order valence-electron chi connectivity index (χ1n) is 8.78. The molecule has 0 amide bonds. The second-order valence-corrected chi connectivity index (χ2v) is 11.5. The van der Waals surface area contributed by atoms with Crippen LogP contribution in [0.4, 0.5) is 0 Å². The van der Waals surface area contributed by atoms with Gasteiger partial charge < -0.3 is 9.63 Å². The van der Waals surface area contributed by atoms with Crippen molar-refractivity contribution in [3.63, 3.8) is 0 Å². The Morgan fingerprint density at radius 1 is 0.957 bits per heavy atom. The maximum atomic E-state index is 11.5. The molecule has 0 spiro atoms. The van der Waals surface area contributed by atoms with Crippen LogP contribution in [-0.2, 0) is 14.1 Å². The molecule has 0 rings (SSSR count). The summed E-state index contributed by atoms with van der Waals surface area (Å²) in [6.45, 7) is 5.54. The third-order valence-corrected chi connectivity index (χ3v) is 5.16. The zero-order valence-corrected chi connectivity index (χ0v) is 17.5. The van der Waals surface area contributed by atoms with Crippen LogP contribution in [-0.4, -0.2) is 34.6 Å². The van der Waals surface area contributed by atoms with Crippen molar-refractivity contribution in [2.45, 2.75) is 82.4 Å². The highest BCUT2D eigenvalue weighted by molar-refractivity contribution is 9.10. The van der Waals surface area contributed by atoms with Crippen molar-refractivity contribution in [2.24, 2.45) is 0 Å². The highest BCUT2D eigenvalue weighted by Gasteiger charge is 2.24. The first-order valence-corrected chi connectivity index (χ1v) is 11.9. The lowest BCUT2D eigenvalue weighted by atomic mass is 10.1. The zero-order valence-electron chi connectivity index (χ0n) is 15.0. The minimum absolute atomic E-state index is 0.196. The summed E-state index contributed by atoms with van der Waals surface area (Å²) < 4.78 is 15.7. The molecule has 0 fully saturated rings. The Balaban J connectivity index is 3.23. The molecule has 0 aromatic carbocycles. The number of alkyl halides is 1. The van der Waals surface area contributed by atoms with E-state index in [2.05, 4.69) is 15.9 Å². The fourth-order valence-electron chi connectivity index (χ4n) is 2.26. The standard InChI is InChI=1S/C17H34BrO4P/c1-17(2,18)16(19)22-14-12-10-8-6-4-5-7-9-11-13-15-23(3,20)21/h4-15H2,1-3H3,(H,20,21). The second-order valence-electron chi connectivity index (χ2n) is 6.92. The monoisotopic (exact) mass is 412 g/mol. The average Bonchev–Trinajstić information content (AvgIpc) is 2.41. The van der Waals surface area contributed by atoms with Gasteiger partial charge in [-0.25, -0.2) is 0 Å². The Morgan fingerprint density at radius 3 is 1.74 bits per heavy atom. The summed E-state index contributed by atoms with van der Waals surface area (Å²) in [6.07, 6.45) is 11.8. The van der Waals surface area contributed by atoms with Crippen molar-refractivity contribution in [1.82, 2.24) is 0 Å². The zero-order chi connectivity index (χ0) is 17.8. The topological polar surface area (TPSA) is 63.6 Å². The first-order chi connectivity index (χ1) is 10.6. The molecule has 1 N–H and O–H groups in total. The molecule has 0 bridgehead atoms. The summed E-state index contributed by atoms with van der Waals surface area (Å²) in [7, 11) is -2.80. The quantitative estimate of drug-likeness (QED) is 0.177. The predicted molar refractivity (Wildman–Crippen MR) is 101 cm³/mol. The summed E-state index contributed by atoms with van der Waals surface area (Å²) in [6, 6.07) is 0. The summed E-state index contributed by atoms with van der Waals surface area (Å²) in [5, 5.41) is 0. The van der Waals surface area contributed by atoms with E-state index < -0.39 is 11.7 Å². The number of carbonyl (C=O) groups excluding carboxylic acids is 1. The summed E-state index contributed by atoms with van der Waals surface area (Å²) in [5.41, 5.74) is 0. The predicted octanol–water partition coefficient (Wildman–Crippen LogP) is 5.50. The van der Waals surface area contributed by atoms with Crippen LogP contribution in [0.25, 0.3) is 0 Å². The van der Waals surface area contributed by atoms with E-state index in [9.17, 15) is 14.3 Å². The maximum absolute atomic E-state index is 11.5. The minimum atomic E-state index is -2.80. The Labute approximate surface area is 150 Å². The van der Waals surface area contributed by atoms with Crippen LogP contribution >= 0.6 is 23.3 Å². The van der Waals surface area contributed by atoms with Gasteiger partial charge in [0.2, 0.25) is 0 Å². The van der Waals surface area contributed by atoms with Gasteiger partial charge in [-0.2, -0.15) is 0 Å². The van der Waals surface area contributed by atoms with Crippen molar-refractivity contribution < 1.29 is 19.0 Å². The van der Waals surface area contributed by atoms with Gasteiger partial charge in [-0.1, -0.05) is 67.3 Å². The Hall–Kier alpha value is 0.140. The fourth-order valence-corrected chi connectivity index (χ4v) is 3.18. The van der Waals surface area contributed by atoms with Gasteiger partial charge >= 0.3 is 5.97 Å². The lowest BCUT2D eigenvalue weighted by Gasteiger charge is -2.14. The molecule has 0 aliphatic heterocycles. The van der Waals surface area contributed by atoms with Crippen LogP contribution in [0.1, 0.15) is 78.1 Å². The van der Waals surface area contributed by atoms with Crippen LogP contribution in [0.5, 0.6) is 0 Å². The number of rotatable bonds is 14. The average molecular weight is 413 g/mol. The van der Waals surface area contributed by atoms with Crippen molar-refractivity contribution >= 4 is 29.3 Å². The van der Waals surface area contributed by atoms with Crippen LogP contribution in [0.2, 0.25) is 0 Å². The minimum Gasteiger partial charge on any atom is -0.465 e. The lowest BCUT2D eigenvalue weighted by molar-refractivity contribution is -0.145. The molecule has 0 aromatic rings. The molecule has 0 saturated heterocycles. The van der Waals surface area contributed by atoms with Gasteiger partial charge in [0.1, 0.15) is 4.32 Å².